The standard InChI is InChI=1S/C21H25BrN2OS/c1-4-21(2,3)13-8-9-15-16(11-13)26-20-17(15)19(25)23-18(24-20)12-6-5-7-14(22)10-12/h5-7,10,13,18,24H,4,8-9,11H2,1-3H3,(H,23,25)/t13-,18-/m1/s1. The smallest absolute Gasteiger partial charge is 0.256 e. The van der Waals surface area contributed by atoms with Gasteiger partial charge in [-0.1, -0.05) is 55.3 Å². The number of anilines is 1. The van der Waals surface area contributed by atoms with Crippen molar-refractivity contribution >= 4 is 38.2 Å². The van der Waals surface area contributed by atoms with E-state index in [1.165, 1.54) is 23.3 Å². The predicted molar refractivity (Wildman–Crippen MR) is 112 cm³/mol. The molecule has 138 valence electrons. The van der Waals surface area contributed by atoms with Crippen LogP contribution in [0, 0.1) is 11.3 Å². The van der Waals surface area contributed by atoms with Gasteiger partial charge in [-0.25, -0.2) is 0 Å². The second kappa shape index (κ2) is 6.68. The number of carbonyl (C=O) groups excluding carboxylic acids is 1. The van der Waals surface area contributed by atoms with E-state index in [4.69, 9.17) is 0 Å². The zero-order chi connectivity index (χ0) is 18.5. The molecule has 1 aromatic carbocycles. The van der Waals surface area contributed by atoms with Crippen molar-refractivity contribution < 1.29 is 4.79 Å². The Hall–Kier alpha value is -1.33. The average molecular weight is 433 g/mol. The number of nitrogens with one attached hydrogen (secondary N) is 2. The first-order valence-corrected chi connectivity index (χ1v) is 11.0. The van der Waals surface area contributed by atoms with Gasteiger partial charge in [-0.05, 0) is 53.9 Å². The first-order valence-electron chi connectivity index (χ1n) is 9.36. The van der Waals surface area contributed by atoms with Crippen LogP contribution in [0.4, 0.5) is 5.00 Å². The zero-order valence-electron chi connectivity index (χ0n) is 15.5. The van der Waals surface area contributed by atoms with Crippen LogP contribution in [0.1, 0.15) is 66.1 Å². The lowest BCUT2D eigenvalue weighted by atomic mass is 9.69. The number of fused-ring (bicyclic) bond motifs is 3. The molecule has 1 aliphatic carbocycles. The SMILES string of the molecule is CCC(C)(C)[C@@H]1CCc2c(sc3c2C(=O)N[C@@H](c2cccc(Br)c2)N3)C1. The van der Waals surface area contributed by atoms with Gasteiger partial charge >= 0.3 is 0 Å². The molecule has 2 N–H and O–H groups in total. The number of thiophene rings is 1. The van der Waals surface area contributed by atoms with Gasteiger partial charge in [-0.3, -0.25) is 4.79 Å². The maximum atomic E-state index is 12.9. The highest BCUT2D eigenvalue weighted by atomic mass is 79.9. The van der Waals surface area contributed by atoms with Crippen LogP contribution < -0.4 is 10.6 Å². The molecule has 2 aromatic rings. The molecule has 2 aliphatic rings. The van der Waals surface area contributed by atoms with Crippen LogP contribution in [0.3, 0.4) is 0 Å². The number of halogens is 1. The van der Waals surface area contributed by atoms with Crippen LogP contribution >= 0.6 is 27.3 Å². The Morgan fingerprint density at radius 2 is 2.12 bits per heavy atom. The normalized spacial score (nSPS) is 22.2. The van der Waals surface area contributed by atoms with Gasteiger partial charge < -0.3 is 10.6 Å². The minimum absolute atomic E-state index is 0.0643. The Bertz CT molecular complexity index is 858. The van der Waals surface area contributed by atoms with E-state index >= 15 is 0 Å². The maximum absolute atomic E-state index is 12.9. The van der Waals surface area contributed by atoms with E-state index in [0.29, 0.717) is 11.3 Å². The zero-order valence-corrected chi connectivity index (χ0v) is 17.9. The fourth-order valence-electron chi connectivity index (χ4n) is 4.11. The van der Waals surface area contributed by atoms with E-state index < -0.39 is 0 Å². The fraction of sp³-hybridized carbons (Fsp3) is 0.476. The van der Waals surface area contributed by atoms with Gasteiger partial charge in [-0.15, -0.1) is 11.3 Å². The lowest BCUT2D eigenvalue weighted by Gasteiger charge is -2.36. The quantitative estimate of drug-likeness (QED) is 0.632. The van der Waals surface area contributed by atoms with Gasteiger partial charge in [-0.2, -0.15) is 0 Å². The Morgan fingerprint density at radius 3 is 2.85 bits per heavy atom. The average Bonchev–Trinajstić information content (AvgIpc) is 2.99. The molecule has 0 saturated carbocycles. The van der Waals surface area contributed by atoms with Gasteiger partial charge in [0.15, 0.2) is 0 Å². The molecule has 26 heavy (non-hydrogen) atoms. The maximum Gasteiger partial charge on any atom is 0.256 e. The molecule has 1 aromatic heterocycles. The summed E-state index contributed by atoms with van der Waals surface area (Å²) in [6.07, 6.45) is 4.33. The second-order valence-corrected chi connectivity index (χ2v) is 10.1. The molecule has 3 nitrogen and oxygen atoms in total. The number of hydrogen-bond acceptors (Lipinski definition) is 3. The van der Waals surface area contributed by atoms with Crippen LogP contribution in [0.5, 0.6) is 0 Å². The highest BCUT2D eigenvalue weighted by Crippen LogP contribution is 2.47. The third kappa shape index (κ3) is 3.09. The molecule has 0 unspecified atom stereocenters. The first-order chi connectivity index (χ1) is 12.4. The molecule has 4 rings (SSSR count). The topological polar surface area (TPSA) is 41.1 Å². The van der Waals surface area contributed by atoms with E-state index in [-0.39, 0.29) is 12.1 Å². The summed E-state index contributed by atoms with van der Waals surface area (Å²) in [5.41, 5.74) is 3.60. The lowest BCUT2D eigenvalue weighted by Crippen LogP contribution is -2.38. The van der Waals surface area contributed by atoms with Gasteiger partial charge in [0.05, 0.1) is 5.56 Å². The van der Waals surface area contributed by atoms with Crippen LogP contribution in [-0.2, 0) is 12.8 Å². The minimum atomic E-state index is -0.171. The molecule has 0 bridgehead atoms. The van der Waals surface area contributed by atoms with Crippen molar-refractivity contribution in [3.05, 3.63) is 50.3 Å². The third-order valence-corrected chi connectivity index (χ3v) is 7.92. The van der Waals surface area contributed by atoms with Gasteiger partial charge in [0.2, 0.25) is 0 Å². The minimum Gasteiger partial charge on any atom is -0.353 e. The molecule has 5 heteroatoms. The van der Waals surface area contributed by atoms with Gasteiger partial charge in [0.1, 0.15) is 11.2 Å². The third-order valence-electron chi connectivity index (χ3n) is 6.24. The summed E-state index contributed by atoms with van der Waals surface area (Å²) < 4.78 is 1.02. The lowest BCUT2D eigenvalue weighted by molar-refractivity contribution is 0.0934. The summed E-state index contributed by atoms with van der Waals surface area (Å²) in [5, 5.41) is 7.74. The number of rotatable bonds is 3. The number of benzene rings is 1. The van der Waals surface area contributed by atoms with Crippen molar-refractivity contribution in [2.75, 3.05) is 5.32 Å². The number of hydrogen-bond donors (Lipinski definition) is 2. The van der Waals surface area contributed by atoms with Crippen LogP contribution in [0.2, 0.25) is 0 Å². The Morgan fingerprint density at radius 1 is 1.31 bits per heavy atom. The van der Waals surface area contributed by atoms with Crippen molar-refractivity contribution in [1.29, 1.82) is 0 Å². The molecule has 0 fully saturated rings. The monoisotopic (exact) mass is 432 g/mol. The van der Waals surface area contributed by atoms with Crippen molar-refractivity contribution in [2.24, 2.45) is 11.3 Å². The molecule has 2 atom stereocenters. The van der Waals surface area contributed by atoms with Crippen LogP contribution in [0.25, 0.3) is 0 Å². The number of amides is 1. The molecule has 0 saturated heterocycles. The van der Waals surface area contributed by atoms with E-state index in [9.17, 15) is 4.79 Å². The predicted octanol–water partition coefficient (Wildman–Crippen LogP) is 5.91. The Labute approximate surface area is 167 Å². The van der Waals surface area contributed by atoms with Crippen molar-refractivity contribution in [2.45, 2.75) is 52.6 Å². The molecule has 0 radical (unpaired) electrons. The molecule has 1 aliphatic heterocycles. The molecule has 0 spiro atoms. The summed E-state index contributed by atoms with van der Waals surface area (Å²) >= 11 is 5.31. The second-order valence-electron chi connectivity index (χ2n) is 8.10. The van der Waals surface area contributed by atoms with Crippen LogP contribution in [-0.4, -0.2) is 5.91 Å². The van der Waals surface area contributed by atoms with Crippen molar-refractivity contribution in [3.63, 3.8) is 0 Å². The molecular formula is C21H25BrN2OS. The van der Waals surface area contributed by atoms with Crippen LogP contribution in [0.15, 0.2) is 28.7 Å². The summed E-state index contributed by atoms with van der Waals surface area (Å²) in [6.45, 7) is 7.04. The highest BCUT2D eigenvalue weighted by Gasteiger charge is 2.37. The number of carbonyl (C=O) groups is 1. The van der Waals surface area contributed by atoms with E-state index in [1.807, 2.05) is 18.2 Å². The summed E-state index contributed by atoms with van der Waals surface area (Å²) in [4.78, 5) is 14.3. The summed E-state index contributed by atoms with van der Waals surface area (Å²) in [5.74, 6) is 0.762. The summed E-state index contributed by atoms with van der Waals surface area (Å²) in [6, 6.07) is 8.09. The van der Waals surface area contributed by atoms with E-state index in [2.05, 4.69) is 53.4 Å². The van der Waals surface area contributed by atoms with Crippen molar-refractivity contribution in [1.82, 2.24) is 5.32 Å². The highest BCUT2D eigenvalue weighted by molar-refractivity contribution is 9.10. The first kappa shape index (κ1) is 18.1. The fourth-order valence-corrected chi connectivity index (χ4v) is 5.88. The Kier molecular flexibility index (Phi) is 4.64. The Balaban J connectivity index is 1.64. The van der Waals surface area contributed by atoms with Gasteiger partial charge in [0.25, 0.3) is 5.91 Å². The summed E-state index contributed by atoms with van der Waals surface area (Å²) in [7, 11) is 0. The molecule has 1 amide bonds. The van der Waals surface area contributed by atoms with Gasteiger partial charge in [0, 0.05) is 9.35 Å². The molecule has 2 heterocycles. The molecular weight excluding hydrogens is 408 g/mol. The largest absolute Gasteiger partial charge is 0.353 e. The van der Waals surface area contributed by atoms with E-state index in [0.717, 1.165) is 33.4 Å². The van der Waals surface area contributed by atoms with E-state index in [1.54, 1.807) is 11.3 Å². The van der Waals surface area contributed by atoms with Crippen molar-refractivity contribution in [3.8, 4) is 0 Å².